The lowest BCUT2D eigenvalue weighted by atomic mass is 9.99. The molecule has 0 saturated heterocycles. The van der Waals surface area contributed by atoms with Gasteiger partial charge in [0.2, 0.25) is 0 Å². The molecule has 8 heteroatoms. The van der Waals surface area contributed by atoms with E-state index < -0.39 is 47.2 Å². The first kappa shape index (κ1) is 17.4. The average Bonchev–Trinajstić information content (AvgIpc) is 2.41. The third-order valence-electron chi connectivity index (χ3n) is 2.65. The summed E-state index contributed by atoms with van der Waals surface area (Å²) in [4.78, 5) is 26.5. The number of halogens is 3. The first-order valence-electron chi connectivity index (χ1n) is 6.17. The Morgan fingerprint density at radius 2 is 1.86 bits per heavy atom. The van der Waals surface area contributed by atoms with Crippen LogP contribution in [0.3, 0.4) is 0 Å². The van der Waals surface area contributed by atoms with Crippen LogP contribution in [0, 0.1) is 17.5 Å². The summed E-state index contributed by atoms with van der Waals surface area (Å²) < 4.78 is 40.1. The minimum absolute atomic E-state index is 0.265. The van der Waals surface area contributed by atoms with Gasteiger partial charge in [0.05, 0.1) is 5.56 Å². The van der Waals surface area contributed by atoms with Crippen LogP contribution < -0.4 is 5.73 Å². The van der Waals surface area contributed by atoms with Crippen LogP contribution >= 0.6 is 0 Å². The predicted octanol–water partition coefficient (Wildman–Crippen LogP) is 2.06. The van der Waals surface area contributed by atoms with Gasteiger partial charge in [0.15, 0.2) is 5.78 Å². The molecule has 22 heavy (non-hydrogen) atoms. The van der Waals surface area contributed by atoms with E-state index in [4.69, 9.17) is 10.8 Å². The van der Waals surface area contributed by atoms with Crippen LogP contribution in [0.25, 0.3) is 0 Å². The van der Waals surface area contributed by atoms with E-state index >= 15 is 0 Å². The highest BCUT2D eigenvalue weighted by atomic mass is 19.1. The second kappa shape index (κ2) is 7.96. The molecule has 0 aliphatic heterocycles. The number of Topliss-reactive ketones (excluding diaryl/α,β-unsaturated/α-hetero) is 1. The SMILES string of the molecule is NC=CC=NC(CCC(=O)O)C(=O)c1c(F)cc(F)cc1F. The van der Waals surface area contributed by atoms with Crippen molar-refractivity contribution in [3.63, 3.8) is 0 Å². The van der Waals surface area contributed by atoms with Gasteiger partial charge in [-0.3, -0.25) is 14.6 Å². The molecule has 3 N–H and O–H groups in total. The molecule has 0 fully saturated rings. The van der Waals surface area contributed by atoms with E-state index in [-0.39, 0.29) is 6.42 Å². The minimum Gasteiger partial charge on any atom is -0.481 e. The van der Waals surface area contributed by atoms with Crippen molar-refractivity contribution >= 4 is 18.0 Å². The molecule has 1 aromatic carbocycles. The normalized spacial score (nSPS) is 12.9. The van der Waals surface area contributed by atoms with E-state index in [0.717, 1.165) is 12.4 Å². The Morgan fingerprint density at radius 3 is 2.36 bits per heavy atom. The number of carbonyl (C=O) groups is 2. The van der Waals surface area contributed by atoms with Gasteiger partial charge in [-0.1, -0.05) is 0 Å². The summed E-state index contributed by atoms with van der Waals surface area (Å²) in [7, 11) is 0. The summed E-state index contributed by atoms with van der Waals surface area (Å²) >= 11 is 0. The molecule has 1 unspecified atom stereocenters. The van der Waals surface area contributed by atoms with Crippen molar-refractivity contribution in [3.8, 4) is 0 Å². The molecule has 0 radical (unpaired) electrons. The second-order valence-electron chi connectivity index (χ2n) is 4.24. The smallest absolute Gasteiger partial charge is 0.303 e. The highest BCUT2D eigenvalue weighted by Crippen LogP contribution is 2.19. The zero-order chi connectivity index (χ0) is 16.7. The quantitative estimate of drug-likeness (QED) is 0.595. The topological polar surface area (TPSA) is 92.8 Å². The lowest BCUT2D eigenvalue weighted by molar-refractivity contribution is -0.137. The number of rotatable bonds is 7. The maximum Gasteiger partial charge on any atom is 0.303 e. The fraction of sp³-hybridized carbons (Fsp3) is 0.214. The van der Waals surface area contributed by atoms with Gasteiger partial charge < -0.3 is 10.8 Å². The fourth-order valence-electron chi connectivity index (χ4n) is 1.68. The van der Waals surface area contributed by atoms with Crippen LogP contribution in [0.5, 0.6) is 0 Å². The third-order valence-corrected chi connectivity index (χ3v) is 2.65. The van der Waals surface area contributed by atoms with Crippen molar-refractivity contribution in [2.75, 3.05) is 0 Å². The Labute approximate surface area is 124 Å². The van der Waals surface area contributed by atoms with Crippen LogP contribution in [0.15, 0.2) is 29.4 Å². The van der Waals surface area contributed by atoms with Gasteiger partial charge in [0.25, 0.3) is 0 Å². The van der Waals surface area contributed by atoms with Crippen molar-refractivity contribution in [1.29, 1.82) is 0 Å². The molecule has 0 bridgehead atoms. The average molecular weight is 314 g/mol. The number of carboxylic acid groups (broad SMARTS) is 1. The second-order valence-corrected chi connectivity index (χ2v) is 4.24. The van der Waals surface area contributed by atoms with Crippen molar-refractivity contribution in [3.05, 3.63) is 47.4 Å². The standard InChI is InChI=1S/C14H13F3N2O3/c15-8-6-9(16)13(10(17)7-8)14(22)11(2-3-12(20)21)19-5-1-4-18/h1,4-7,11H,2-3,18H2,(H,20,21). The summed E-state index contributed by atoms with van der Waals surface area (Å²) in [6.45, 7) is 0. The molecule has 0 aliphatic carbocycles. The maximum atomic E-state index is 13.6. The first-order valence-corrected chi connectivity index (χ1v) is 6.17. The monoisotopic (exact) mass is 314 g/mol. The number of nitrogens with zero attached hydrogens (tertiary/aromatic N) is 1. The van der Waals surface area contributed by atoms with Crippen molar-refractivity contribution in [1.82, 2.24) is 0 Å². The molecule has 0 aliphatic rings. The lowest BCUT2D eigenvalue weighted by Crippen LogP contribution is -2.23. The number of ketones is 1. The molecular weight excluding hydrogens is 301 g/mol. The van der Waals surface area contributed by atoms with Gasteiger partial charge in [0.1, 0.15) is 23.5 Å². The van der Waals surface area contributed by atoms with E-state index in [9.17, 15) is 22.8 Å². The predicted molar refractivity (Wildman–Crippen MR) is 73.1 cm³/mol. The van der Waals surface area contributed by atoms with Crippen molar-refractivity contribution in [2.24, 2.45) is 10.7 Å². The minimum atomic E-state index is -1.37. The lowest BCUT2D eigenvalue weighted by Gasteiger charge is -2.11. The molecule has 0 saturated carbocycles. The number of aliphatic carboxylic acids is 1. The van der Waals surface area contributed by atoms with E-state index in [1.807, 2.05) is 0 Å². The molecule has 1 aromatic rings. The molecule has 1 rings (SSSR count). The molecule has 0 aromatic heterocycles. The number of benzene rings is 1. The Bertz CT molecular complexity index is 607. The number of hydrogen-bond acceptors (Lipinski definition) is 4. The Balaban J connectivity index is 3.12. The van der Waals surface area contributed by atoms with E-state index in [2.05, 4.69) is 4.99 Å². The number of hydrogen-bond donors (Lipinski definition) is 2. The Morgan fingerprint density at radius 1 is 1.27 bits per heavy atom. The van der Waals surface area contributed by atoms with Gasteiger partial charge in [-0.15, -0.1) is 0 Å². The number of nitrogens with two attached hydrogens (primary N) is 1. The molecule has 5 nitrogen and oxygen atoms in total. The van der Waals surface area contributed by atoms with Crippen LogP contribution in [0.2, 0.25) is 0 Å². The van der Waals surface area contributed by atoms with Gasteiger partial charge in [-0.2, -0.15) is 0 Å². The largest absolute Gasteiger partial charge is 0.481 e. The molecule has 0 amide bonds. The molecule has 0 heterocycles. The molecule has 1 atom stereocenters. The van der Waals surface area contributed by atoms with Crippen LogP contribution in [0.1, 0.15) is 23.2 Å². The first-order chi connectivity index (χ1) is 10.4. The summed E-state index contributed by atoms with van der Waals surface area (Å²) in [5, 5.41) is 8.64. The molecule has 0 spiro atoms. The Hall–Kier alpha value is -2.64. The third kappa shape index (κ3) is 4.72. The van der Waals surface area contributed by atoms with E-state index in [1.165, 1.54) is 6.08 Å². The number of carboxylic acids is 1. The zero-order valence-corrected chi connectivity index (χ0v) is 11.3. The molecular formula is C14H13F3N2O3. The van der Waals surface area contributed by atoms with Crippen molar-refractivity contribution in [2.45, 2.75) is 18.9 Å². The summed E-state index contributed by atoms with van der Waals surface area (Å²) in [6.07, 6.45) is 2.80. The Kier molecular flexibility index (Phi) is 6.30. The van der Waals surface area contributed by atoms with Gasteiger partial charge in [-0.25, -0.2) is 13.2 Å². The maximum absolute atomic E-state index is 13.6. The summed E-state index contributed by atoms with van der Waals surface area (Å²) in [5.41, 5.74) is 4.12. The number of carbonyl (C=O) groups excluding carboxylic acids is 1. The van der Waals surface area contributed by atoms with Crippen LogP contribution in [0.4, 0.5) is 13.2 Å². The van der Waals surface area contributed by atoms with Gasteiger partial charge in [0, 0.05) is 24.8 Å². The van der Waals surface area contributed by atoms with E-state index in [1.54, 1.807) is 0 Å². The zero-order valence-electron chi connectivity index (χ0n) is 11.3. The molecule has 118 valence electrons. The number of allylic oxidation sites excluding steroid dienone is 1. The van der Waals surface area contributed by atoms with Crippen LogP contribution in [-0.4, -0.2) is 29.1 Å². The fourth-order valence-corrected chi connectivity index (χ4v) is 1.68. The highest BCUT2D eigenvalue weighted by molar-refractivity contribution is 6.01. The van der Waals surface area contributed by atoms with Crippen LogP contribution in [-0.2, 0) is 4.79 Å². The van der Waals surface area contributed by atoms with E-state index in [0.29, 0.717) is 12.1 Å². The number of aliphatic imine (C=N–C) groups is 1. The summed E-state index contributed by atoms with van der Waals surface area (Å²) in [5.74, 6) is -6.16. The van der Waals surface area contributed by atoms with Gasteiger partial charge >= 0.3 is 5.97 Å². The summed E-state index contributed by atoms with van der Waals surface area (Å²) in [6, 6.07) is -0.580. The van der Waals surface area contributed by atoms with Gasteiger partial charge in [-0.05, 0) is 18.7 Å². The van der Waals surface area contributed by atoms with Crippen molar-refractivity contribution < 1.29 is 27.9 Å². The highest BCUT2D eigenvalue weighted by Gasteiger charge is 2.26.